The molecule has 1 saturated heterocycles. The Balaban J connectivity index is 1.57. The van der Waals surface area contributed by atoms with Crippen LogP contribution in [-0.2, 0) is 6.54 Å². The summed E-state index contributed by atoms with van der Waals surface area (Å²) in [6.45, 7) is 7.70. The number of anilines is 1. The van der Waals surface area contributed by atoms with Gasteiger partial charge < -0.3 is 5.32 Å². The maximum atomic E-state index is 12.3. The molecule has 0 radical (unpaired) electrons. The molecule has 0 bridgehead atoms. The van der Waals surface area contributed by atoms with E-state index in [2.05, 4.69) is 29.3 Å². The Morgan fingerprint density at radius 3 is 2.29 bits per heavy atom. The second-order valence-electron chi connectivity index (χ2n) is 6.98. The van der Waals surface area contributed by atoms with E-state index in [1.54, 1.807) is 0 Å². The molecule has 1 aliphatic rings. The molecule has 1 amide bonds. The summed E-state index contributed by atoms with van der Waals surface area (Å²) in [7, 11) is 0. The van der Waals surface area contributed by atoms with E-state index in [0.29, 0.717) is 5.56 Å². The van der Waals surface area contributed by atoms with E-state index in [0.717, 1.165) is 18.2 Å². The van der Waals surface area contributed by atoms with Gasteiger partial charge in [-0.05, 0) is 68.6 Å². The zero-order chi connectivity index (χ0) is 16.9. The molecule has 2 aromatic carbocycles. The molecule has 0 aromatic heterocycles. The van der Waals surface area contributed by atoms with Gasteiger partial charge >= 0.3 is 0 Å². The molecule has 0 saturated carbocycles. The van der Waals surface area contributed by atoms with Gasteiger partial charge in [0, 0.05) is 17.8 Å². The number of likely N-dealkylation sites (tertiary alicyclic amines) is 1. The third-order valence-electron chi connectivity index (χ3n) is 4.81. The number of aryl methyl sites for hydroxylation is 1. The maximum absolute atomic E-state index is 12.3. The van der Waals surface area contributed by atoms with Gasteiger partial charge in [-0.25, -0.2) is 0 Å². The highest BCUT2D eigenvalue weighted by molar-refractivity contribution is 6.04. The highest BCUT2D eigenvalue weighted by atomic mass is 16.1. The Hall–Kier alpha value is -2.13. The number of nitrogens with zero attached hydrogens (tertiary/aromatic N) is 1. The van der Waals surface area contributed by atoms with Gasteiger partial charge in [-0.3, -0.25) is 9.69 Å². The topological polar surface area (TPSA) is 32.3 Å². The van der Waals surface area contributed by atoms with Crippen molar-refractivity contribution in [3.63, 3.8) is 0 Å². The highest BCUT2D eigenvalue weighted by Crippen LogP contribution is 2.18. The Bertz CT molecular complexity index is 668. The van der Waals surface area contributed by atoms with Crippen molar-refractivity contribution in [2.75, 3.05) is 18.4 Å². The van der Waals surface area contributed by atoms with Crippen LogP contribution in [-0.4, -0.2) is 23.9 Å². The summed E-state index contributed by atoms with van der Waals surface area (Å²) >= 11 is 0. The van der Waals surface area contributed by atoms with Crippen LogP contribution in [0.4, 0.5) is 5.69 Å². The quantitative estimate of drug-likeness (QED) is 0.900. The van der Waals surface area contributed by atoms with Crippen LogP contribution in [0.5, 0.6) is 0 Å². The van der Waals surface area contributed by atoms with E-state index in [1.807, 2.05) is 43.3 Å². The number of amides is 1. The number of benzene rings is 2. The largest absolute Gasteiger partial charge is 0.322 e. The van der Waals surface area contributed by atoms with E-state index in [4.69, 9.17) is 0 Å². The summed E-state index contributed by atoms with van der Waals surface area (Å²) in [5.41, 5.74) is 3.99. The van der Waals surface area contributed by atoms with Crippen LogP contribution in [0.3, 0.4) is 0 Å². The minimum absolute atomic E-state index is 0.0581. The number of hydrogen-bond acceptors (Lipinski definition) is 2. The van der Waals surface area contributed by atoms with Crippen LogP contribution in [0.15, 0.2) is 48.5 Å². The Morgan fingerprint density at radius 1 is 1.04 bits per heavy atom. The minimum Gasteiger partial charge on any atom is -0.322 e. The summed E-state index contributed by atoms with van der Waals surface area (Å²) in [4.78, 5) is 14.8. The van der Waals surface area contributed by atoms with E-state index >= 15 is 0 Å². The number of carbonyl (C=O) groups is 1. The molecular weight excluding hydrogens is 296 g/mol. The number of carbonyl (C=O) groups excluding carboxylic acids is 1. The molecule has 3 heteroatoms. The summed E-state index contributed by atoms with van der Waals surface area (Å²) in [6, 6.07) is 15.8. The van der Waals surface area contributed by atoms with Crippen LogP contribution < -0.4 is 5.32 Å². The van der Waals surface area contributed by atoms with Crippen molar-refractivity contribution in [2.24, 2.45) is 5.92 Å². The lowest BCUT2D eigenvalue weighted by Gasteiger charge is -2.30. The number of hydrogen-bond donors (Lipinski definition) is 1. The van der Waals surface area contributed by atoms with Crippen LogP contribution in [0, 0.1) is 12.8 Å². The van der Waals surface area contributed by atoms with Gasteiger partial charge in [0.15, 0.2) is 0 Å². The first-order valence-corrected chi connectivity index (χ1v) is 8.79. The van der Waals surface area contributed by atoms with Gasteiger partial charge in [-0.2, -0.15) is 0 Å². The van der Waals surface area contributed by atoms with Gasteiger partial charge in [0.05, 0.1) is 0 Å². The van der Waals surface area contributed by atoms with Gasteiger partial charge in [0.25, 0.3) is 5.91 Å². The van der Waals surface area contributed by atoms with Gasteiger partial charge in [-0.1, -0.05) is 36.8 Å². The Kier molecular flexibility index (Phi) is 5.31. The van der Waals surface area contributed by atoms with Crippen LogP contribution in [0.1, 0.15) is 41.3 Å². The molecule has 0 atom stereocenters. The average molecular weight is 322 g/mol. The van der Waals surface area contributed by atoms with Gasteiger partial charge in [0.1, 0.15) is 0 Å². The van der Waals surface area contributed by atoms with E-state index in [9.17, 15) is 4.79 Å². The first-order valence-electron chi connectivity index (χ1n) is 8.79. The third-order valence-corrected chi connectivity index (χ3v) is 4.81. The zero-order valence-corrected chi connectivity index (χ0v) is 14.6. The molecule has 0 spiro atoms. The molecule has 1 fully saturated rings. The normalized spacial score (nSPS) is 16.1. The molecule has 0 aliphatic carbocycles. The van der Waals surface area contributed by atoms with E-state index in [-0.39, 0.29) is 5.91 Å². The zero-order valence-electron chi connectivity index (χ0n) is 14.6. The van der Waals surface area contributed by atoms with Gasteiger partial charge in [0.2, 0.25) is 0 Å². The first-order chi connectivity index (χ1) is 11.6. The minimum atomic E-state index is -0.0581. The third kappa shape index (κ3) is 4.45. The number of piperidine rings is 1. The lowest BCUT2D eigenvalue weighted by molar-refractivity contribution is 0.102. The van der Waals surface area contributed by atoms with Crippen LogP contribution in [0.25, 0.3) is 0 Å². The first kappa shape index (κ1) is 16.7. The maximum Gasteiger partial charge on any atom is 0.255 e. The second-order valence-corrected chi connectivity index (χ2v) is 6.98. The van der Waals surface area contributed by atoms with Crippen LogP contribution >= 0.6 is 0 Å². The second kappa shape index (κ2) is 7.63. The summed E-state index contributed by atoms with van der Waals surface area (Å²) in [6.07, 6.45) is 2.58. The van der Waals surface area contributed by atoms with Crippen molar-refractivity contribution in [1.29, 1.82) is 0 Å². The van der Waals surface area contributed by atoms with Gasteiger partial charge in [-0.15, -0.1) is 0 Å². The van der Waals surface area contributed by atoms with Crippen molar-refractivity contribution in [1.82, 2.24) is 4.90 Å². The standard InChI is InChI=1S/C21H26N2O/c1-16-3-9-20(10-4-16)22-21(24)19-7-5-18(6-8-19)15-23-13-11-17(2)12-14-23/h3-10,17H,11-15H2,1-2H3,(H,22,24). The van der Waals surface area contributed by atoms with E-state index in [1.165, 1.54) is 37.1 Å². The van der Waals surface area contributed by atoms with Crippen molar-refractivity contribution in [3.05, 3.63) is 65.2 Å². The van der Waals surface area contributed by atoms with Crippen molar-refractivity contribution < 1.29 is 4.79 Å². The lowest BCUT2D eigenvalue weighted by Crippen LogP contribution is -2.32. The Labute approximate surface area is 144 Å². The highest BCUT2D eigenvalue weighted by Gasteiger charge is 2.15. The van der Waals surface area contributed by atoms with Crippen molar-refractivity contribution >= 4 is 11.6 Å². The predicted molar refractivity (Wildman–Crippen MR) is 99.2 cm³/mol. The fourth-order valence-electron chi connectivity index (χ4n) is 3.08. The number of rotatable bonds is 4. The molecule has 126 valence electrons. The molecule has 3 rings (SSSR count). The molecule has 24 heavy (non-hydrogen) atoms. The SMILES string of the molecule is Cc1ccc(NC(=O)c2ccc(CN3CCC(C)CC3)cc2)cc1. The molecule has 1 aliphatic heterocycles. The van der Waals surface area contributed by atoms with E-state index < -0.39 is 0 Å². The predicted octanol–water partition coefficient (Wildman–Crippen LogP) is 4.48. The fraction of sp³-hybridized carbons (Fsp3) is 0.381. The molecule has 1 heterocycles. The van der Waals surface area contributed by atoms with Crippen molar-refractivity contribution in [3.8, 4) is 0 Å². The van der Waals surface area contributed by atoms with Crippen LogP contribution in [0.2, 0.25) is 0 Å². The monoisotopic (exact) mass is 322 g/mol. The molecule has 2 aromatic rings. The number of nitrogens with one attached hydrogen (secondary N) is 1. The molecule has 3 nitrogen and oxygen atoms in total. The smallest absolute Gasteiger partial charge is 0.255 e. The lowest BCUT2D eigenvalue weighted by atomic mass is 9.99. The molecule has 0 unspecified atom stereocenters. The molecule has 1 N–H and O–H groups in total. The Morgan fingerprint density at radius 2 is 1.67 bits per heavy atom. The molecular formula is C21H26N2O. The van der Waals surface area contributed by atoms with Crippen molar-refractivity contribution in [2.45, 2.75) is 33.2 Å². The summed E-state index contributed by atoms with van der Waals surface area (Å²) < 4.78 is 0. The fourth-order valence-corrected chi connectivity index (χ4v) is 3.08. The summed E-state index contributed by atoms with van der Waals surface area (Å²) in [5.74, 6) is 0.797. The summed E-state index contributed by atoms with van der Waals surface area (Å²) in [5, 5.41) is 2.94. The average Bonchev–Trinajstić information content (AvgIpc) is 2.59.